The second-order valence-electron chi connectivity index (χ2n) is 5.25. The summed E-state index contributed by atoms with van der Waals surface area (Å²) in [6, 6.07) is 25.1. The summed E-state index contributed by atoms with van der Waals surface area (Å²) < 4.78 is 27.7. The van der Waals surface area contributed by atoms with Crippen LogP contribution in [-0.4, -0.2) is 8.42 Å². The van der Waals surface area contributed by atoms with Crippen molar-refractivity contribution in [3.8, 4) is 0 Å². The quantitative estimate of drug-likeness (QED) is 0.708. The lowest BCUT2D eigenvalue weighted by Gasteiger charge is -2.24. The molecule has 0 aliphatic rings. The summed E-state index contributed by atoms with van der Waals surface area (Å²) >= 11 is 0. The van der Waals surface area contributed by atoms with Crippen molar-refractivity contribution in [3.63, 3.8) is 0 Å². The average molecular weight is 323 g/mol. The highest BCUT2D eigenvalue weighted by molar-refractivity contribution is 7.93. The van der Waals surface area contributed by atoms with Crippen LogP contribution in [0, 0.1) is 6.92 Å². The average Bonchev–Trinajstić information content (AvgIpc) is 2.58. The van der Waals surface area contributed by atoms with Gasteiger partial charge < -0.3 is 0 Å². The number of nitrogens with zero attached hydrogens (tertiary/aromatic N) is 1. The molecule has 3 rings (SSSR count). The van der Waals surface area contributed by atoms with E-state index in [1.807, 2.05) is 49.4 Å². The second kappa shape index (κ2) is 6.26. The van der Waals surface area contributed by atoms with E-state index in [1.165, 1.54) is 4.31 Å². The Kier molecular flexibility index (Phi) is 4.17. The highest BCUT2D eigenvalue weighted by Crippen LogP contribution is 2.32. The Morgan fingerprint density at radius 3 is 1.70 bits per heavy atom. The van der Waals surface area contributed by atoms with Gasteiger partial charge in [-0.2, -0.15) is 0 Å². The fraction of sp³-hybridized carbons (Fsp3) is 0.0526. The standard InChI is InChI=1S/C19H17NO2S/c1-16-12-14-18(15-13-16)20(17-8-4-2-5-9-17)23(21,22)19-10-6-3-7-11-19/h2-15H,1H3. The van der Waals surface area contributed by atoms with Crippen molar-refractivity contribution in [1.29, 1.82) is 0 Å². The predicted molar refractivity (Wildman–Crippen MR) is 93.4 cm³/mol. The van der Waals surface area contributed by atoms with Gasteiger partial charge in [0.1, 0.15) is 0 Å². The van der Waals surface area contributed by atoms with Crippen molar-refractivity contribution in [2.45, 2.75) is 11.8 Å². The van der Waals surface area contributed by atoms with Crippen LogP contribution in [0.5, 0.6) is 0 Å². The summed E-state index contributed by atoms with van der Waals surface area (Å²) in [5.41, 5.74) is 2.31. The van der Waals surface area contributed by atoms with Crippen LogP contribution in [0.4, 0.5) is 11.4 Å². The Balaban J connectivity index is 2.18. The van der Waals surface area contributed by atoms with Gasteiger partial charge in [0.2, 0.25) is 0 Å². The molecule has 23 heavy (non-hydrogen) atoms. The van der Waals surface area contributed by atoms with Gasteiger partial charge in [-0.15, -0.1) is 0 Å². The Labute approximate surface area is 136 Å². The molecule has 0 radical (unpaired) electrons. The number of benzene rings is 3. The minimum atomic E-state index is -3.69. The van der Waals surface area contributed by atoms with Crippen LogP contribution >= 0.6 is 0 Å². The van der Waals surface area contributed by atoms with E-state index in [4.69, 9.17) is 0 Å². The third kappa shape index (κ3) is 3.12. The summed E-state index contributed by atoms with van der Waals surface area (Å²) in [6.07, 6.45) is 0. The molecule has 0 aliphatic heterocycles. The summed E-state index contributed by atoms with van der Waals surface area (Å²) in [6.45, 7) is 1.97. The van der Waals surface area contributed by atoms with E-state index < -0.39 is 10.0 Å². The zero-order chi connectivity index (χ0) is 16.3. The molecule has 0 aliphatic carbocycles. The summed E-state index contributed by atoms with van der Waals surface area (Å²) in [5, 5.41) is 0. The lowest BCUT2D eigenvalue weighted by molar-refractivity contribution is 0.596. The minimum absolute atomic E-state index is 0.268. The number of sulfonamides is 1. The highest BCUT2D eigenvalue weighted by atomic mass is 32.2. The van der Waals surface area contributed by atoms with Crippen molar-refractivity contribution in [3.05, 3.63) is 90.5 Å². The normalized spacial score (nSPS) is 11.2. The smallest absolute Gasteiger partial charge is 0.235 e. The van der Waals surface area contributed by atoms with E-state index in [0.717, 1.165) is 5.56 Å². The summed E-state index contributed by atoms with van der Waals surface area (Å²) in [7, 11) is -3.69. The van der Waals surface area contributed by atoms with Gasteiger partial charge in [-0.1, -0.05) is 54.1 Å². The number of hydrogen-bond donors (Lipinski definition) is 0. The zero-order valence-electron chi connectivity index (χ0n) is 12.8. The van der Waals surface area contributed by atoms with Crippen molar-refractivity contribution < 1.29 is 8.42 Å². The number of para-hydroxylation sites is 1. The Morgan fingerprint density at radius 1 is 0.652 bits per heavy atom. The number of aryl methyl sites for hydroxylation is 1. The summed E-state index contributed by atoms with van der Waals surface area (Å²) in [5.74, 6) is 0. The molecular weight excluding hydrogens is 306 g/mol. The summed E-state index contributed by atoms with van der Waals surface area (Å²) in [4.78, 5) is 0.268. The molecule has 4 heteroatoms. The second-order valence-corrected chi connectivity index (χ2v) is 7.04. The van der Waals surface area contributed by atoms with Gasteiger partial charge >= 0.3 is 0 Å². The molecule has 0 saturated heterocycles. The topological polar surface area (TPSA) is 37.4 Å². The van der Waals surface area contributed by atoms with E-state index in [2.05, 4.69) is 0 Å². The molecule has 0 saturated carbocycles. The Bertz CT molecular complexity index is 874. The van der Waals surface area contributed by atoms with Crippen molar-refractivity contribution in [1.82, 2.24) is 0 Å². The van der Waals surface area contributed by atoms with E-state index in [9.17, 15) is 8.42 Å². The van der Waals surface area contributed by atoms with Crippen LogP contribution in [-0.2, 0) is 10.0 Å². The number of rotatable bonds is 4. The first-order chi connectivity index (χ1) is 11.1. The van der Waals surface area contributed by atoms with E-state index >= 15 is 0 Å². The van der Waals surface area contributed by atoms with Gasteiger partial charge in [0.15, 0.2) is 0 Å². The highest BCUT2D eigenvalue weighted by Gasteiger charge is 2.26. The third-order valence-corrected chi connectivity index (χ3v) is 5.31. The molecule has 0 atom stereocenters. The third-order valence-electron chi connectivity index (χ3n) is 3.54. The molecule has 0 heterocycles. The molecule has 0 N–H and O–H groups in total. The molecule has 116 valence electrons. The molecule has 0 spiro atoms. The van der Waals surface area contributed by atoms with Gasteiger partial charge in [0.05, 0.1) is 16.3 Å². The molecule has 3 nitrogen and oxygen atoms in total. The van der Waals surface area contributed by atoms with Gasteiger partial charge in [-0.05, 0) is 43.3 Å². The van der Waals surface area contributed by atoms with Crippen LogP contribution in [0.1, 0.15) is 5.56 Å². The van der Waals surface area contributed by atoms with Gasteiger partial charge in [0, 0.05) is 0 Å². The van der Waals surface area contributed by atoms with Crippen molar-refractivity contribution in [2.24, 2.45) is 0 Å². The predicted octanol–water partition coefficient (Wildman–Crippen LogP) is 4.52. The molecule has 0 unspecified atom stereocenters. The first kappa shape index (κ1) is 15.3. The largest absolute Gasteiger partial charge is 0.268 e. The van der Waals surface area contributed by atoms with Gasteiger partial charge in [0.25, 0.3) is 10.0 Å². The maximum absolute atomic E-state index is 13.1. The van der Waals surface area contributed by atoms with Crippen LogP contribution in [0.2, 0.25) is 0 Å². The maximum Gasteiger partial charge on any atom is 0.268 e. The Morgan fingerprint density at radius 2 is 1.13 bits per heavy atom. The molecule has 0 bridgehead atoms. The van der Waals surface area contributed by atoms with E-state index in [0.29, 0.717) is 11.4 Å². The fourth-order valence-corrected chi connectivity index (χ4v) is 3.88. The number of anilines is 2. The fourth-order valence-electron chi connectivity index (χ4n) is 2.37. The molecule has 3 aromatic carbocycles. The Hall–Kier alpha value is -2.59. The van der Waals surface area contributed by atoms with Crippen LogP contribution in [0.25, 0.3) is 0 Å². The van der Waals surface area contributed by atoms with Gasteiger partial charge in [-0.3, -0.25) is 0 Å². The lowest BCUT2D eigenvalue weighted by atomic mass is 10.2. The SMILES string of the molecule is Cc1ccc(N(c2ccccc2)S(=O)(=O)c2ccccc2)cc1. The zero-order valence-corrected chi connectivity index (χ0v) is 13.6. The number of hydrogen-bond acceptors (Lipinski definition) is 2. The molecule has 0 aromatic heterocycles. The molecular formula is C19H17NO2S. The first-order valence-electron chi connectivity index (χ1n) is 7.31. The van der Waals surface area contributed by atoms with Crippen LogP contribution < -0.4 is 4.31 Å². The molecule has 0 fully saturated rings. The monoisotopic (exact) mass is 323 g/mol. The van der Waals surface area contributed by atoms with Crippen molar-refractivity contribution >= 4 is 21.4 Å². The van der Waals surface area contributed by atoms with Crippen LogP contribution in [0.3, 0.4) is 0 Å². The molecule has 0 amide bonds. The minimum Gasteiger partial charge on any atom is -0.235 e. The first-order valence-corrected chi connectivity index (χ1v) is 8.75. The van der Waals surface area contributed by atoms with Crippen molar-refractivity contribution in [2.75, 3.05) is 4.31 Å². The van der Waals surface area contributed by atoms with E-state index in [-0.39, 0.29) is 4.90 Å². The lowest BCUT2D eigenvalue weighted by Crippen LogP contribution is -2.26. The van der Waals surface area contributed by atoms with Crippen LogP contribution in [0.15, 0.2) is 89.8 Å². The van der Waals surface area contributed by atoms with E-state index in [1.54, 1.807) is 42.5 Å². The van der Waals surface area contributed by atoms with Gasteiger partial charge in [-0.25, -0.2) is 12.7 Å². The maximum atomic E-state index is 13.1. The molecule has 3 aromatic rings.